The Morgan fingerprint density at radius 1 is 0.355 bits per heavy atom. The van der Waals surface area contributed by atoms with Gasteiger partial charge in [-0.25, -0.2) is 0 Å². The van der Waals surface area contributed by atoms with Crippen LogP contribution in [0.1, 0.15) is 135 Å². The molecule has 8 rings (SSSR count). The van der Waals surface area contributed by atoms with Crippen molar-refractivity contribution in [1.29, 1.82) is 0 Å². The summed E-state index contributed by atoms with van der Waals surface area (Å²) in [5.74, 6) is 0. The normalized spacial score (nSPS) is 16.2. The Bertz CT molecular complexity index is 2330. The van der Waals surface area contributed by atoms with Gasteiger partial charge in [-0.3, -0.25) is 0 Å². The van der Waals surface area contributed by atoms with Crippen LogP contribution in [0, 0.1) is 0 Å². The first kappa shape index (κ1) is 45.6. The molecule has 2 unspecified atom stereocenters. The molecule has 62 heavy (non-hydrogen) atoms. The van der Waals surface area contributed by atoms with E-state index in [9.17, 15) is 0 Å². The summed E-state index contributed by atoms with van der Waals surface area (Å²) in [6.45, 7) is 14.9. The van der Waals surface area contributed by atoms with E-state index in [2.05, 4.69) is 175 Å². The fourth-order valence-corrected chi connectivity index (χ4v) is 86.5. The first-order valence-electron chi connectivity index (χ1n) is 25.1. The molecule has 0 fully saturated rings. The molecule has 0 spiro atoms. The molecule has 2 heteroatoms. The Morgan fingerprint density at radius 3 is 1.06 bits per heavy atom. The zero-order chi connectivity index (χ0) is 43.1. The van der Waals surface area contributed by atoms with Crippen LogP contribution in [0.4, 0.5) is 0 Å². The second-order valence-electron chi connectivity index (χ2n) is 19.3. The summed E-state index contributed by atoms with van der Waals surface area (Å²) < 4.78 is 10.9. The minimum absolute atomic E-state index is 0.717. The quantitative estimate of drug-likeness (QED) is 0.0630. The van der Waals surface area contributed by atoms with E-state index in [1.54, 1.807) is 58.5 Å². The van der Waals surface area contributed by atoms with Crippen molar-refractivity contribution >= 4 is 33.7 Å². The molecule has 0 heterocycles. The molecule has 0 N–H and O–H groups in total. The van der Waals surface area contributed by atoms with Gasteiger partial charge in [-0.15, -0.1) is 0 Å². The Balaban J connectivity index is 1.26. The van der Waals surface area contributed by atoms with Gasteiger partial charge in [0.25, 0.3) is 0 Å². The molecular weight excluding hydrogens is 1080 g/mol. The molecule has 6 aromatic rings. The number of rotatable bonds is 21. The minimum atomic E-state index is -3.21. The second kappa shape index (κ2) is 20.9. The Morgan fingerprint density at radius 2 is 0.694 bits per heavy atom. The van der Waals surface area contributed by atoms with Crippen molar-refractivity contribution in [2.75, 3.05) is 0 Å². The average molecular weight is 1150 g/mol. The molecule has 0 nitrogen and oxygen atoms in total. The van der Waals surface area contributed by atoms with Gasteiger partial charge in [0.15, 0.2) is 0 Å². The van der Waals surface area contributed by atoms with Crippen molar-refractivity contribution in [3.8, 4) is 22.3 Å². The van der Waals surface area contributed by atoms with Crippen molar-refractivity contribution in [3.63, 3.8) is 0 Å². The van der Waals surface area contributed by atoms with Gasteiger partial charge in [-0.05, 0) is 0 Å². The molecule has 0 aromatic heterocycles. The summed E-state index contributed by atoms with van der Waals surface area (Å²) in [6, 6.07) is 47.1. The predicted molar refractivity (Wildman–Crippen MR) is 269 cm³/mol. The maximum absolute atomic E-state index is 3.21. The van der Waals surface area contributed by atoms with Crippen molar-refractivity contribution < 1.29 is 39.9 Å². The zero-order valence-corrected chi connectivity index (χ0v) is 46.4. The Labute approximate surface area is 385 Å². The summed E-state index contributed by atoms with van der Waals surface area (Å²) in [5.41, 5.74) is 15.9. The van der Waals surface area contributed by atoms with Crippen LogP contribution in [-0.2, 0) is 39.9 Å². The van der Waals surface area contributed by atoms with Gasteiger partial charge >= 0.3 is 389 Å². The summed E-state index contributed by atoms with van der Waals surface area (Å²) in [6.07, 6.45) is 18.9. The molecule has 6 aromatic carbocycles. The maximum atomic E-state index is 2.75. The molecule has 0 aliphatic heterocycles. The molecule has 0 amide bonds. The third-order valence-corrected chi connectivity index (χ3v) is 64.2. The number of benzene rings is 6. The van der Waals surface area contributed by atoms with E-state index in [1.165, 1.54) is 108 Å². The molecule has 322 valence electrons. The zero-order valence-electron chi connectivity index (χ0n) is 39.2. The molecule has 2 aliphatic carbocycles. The number of unbranched alkanes of at least 4 members (excludes halogenated alkanes) is 4. The van der Waals surface area contributed by atoms with Gasteiger partial charge in [0, 0.05) is 0 Å². The summed E-state index contributed by atoms with van der Waals surface area (Å²) in [4.78, 5) is 0. The van der Waals surface area contributed by atoms with Crippen molar-refractivity contribution in [2.24, 2.45) is 0 Å². The first-order valence-corrected chi connectivity index (χ1v) is 44.5. The topological polar surface area (TPSA) is 0 Å². The standard InChI is InChI=1S/2C21H17.4C4H9.C2H4.2Hf/c2*1-2-15-13-17-9-6-12-20(21(17)14-15)19-11-5-8-16-7-3-4-10-18(16)19;4*1-3-4-2;1-2;;/h2*3-14H,2H2,1H3;4*1,3-4H2,2H3;1-2H2;;. The van der Waals surface area contributed by atoms with E-state index in [4.69, 9.17) is 0 Å². The number of fused-ring (bicyclic) bond motifs is 4. The van der Waals surface area contributed by atoms with Gasteiger partial charge < -0.3 is 0 Å². The predicted octanol–water partition coefficient (Wildman–Crippen LogP) is 19.7. The van der Waals surface area contributed by atoms with Gasteiger partial charge in [0.1, 0.15) is 0 Å². The molecule has 0 bridgehead atoms. The Hall–Kier alpha value is -2.94. The van der Waals surface area contributed by atoms with Crippen LogP contribution in [0.5, 0.6) is 0 Å². The summed E-state index contributed by atoms with van der Waals surface area (Å²) in [7, 11) is 0. The van der Waals surface area contributed by atoms with Crippen LogP contribution in [0.2, 0.25) is 25.1 Å². The number of allylic oxidation sites excluding steroid dienone is 2. The fraction of sp³-hybridized carbons (Fsp3) is 0.400. The van der Waals surface area contributed by atoms with Crippen LogP contribution in [0.3, 0.4) is 0 Å². The van der Waals surface area contributed by atoms with E-state index >= 15 is 0 Å². The molecule has 0 saturated heterocycles. The fourth-order valence-electron chi connectivity index (χ4n) is 12.6. The van der Waals surface area contributed by atoms with Gasteiger partial charge in [-0.2, -0.15) is 0 Å². The van der Waals surface area contributed by atoms with E-state index in [0.717, 1.165) is 0 Å². The van der Waals surface area contributed by atoms with Crippen LogP contribution in [0.15, 0.2) is 132 Å². The monoisotopic (exact) mass is 1150 g/mol. The number of hydrogen-bond donors (Lipinski definition) is 0. The van der Waals surface area contributed by atoms with E-state index in [1.807, 2.05) is 0 Å². The second-order valence-corrected chi connectivity index (χ2v) is 53.8. The van der Waals surface area contributed by atoms with Gasteiger partial charge in [0.05, 0.1) is 0 Å². The molecule has 2 atom stereocenters. The van der Waals surface area contributed by atoms with Crippen LogP contribution < -0.4 is 0 Å². The number of hydrogen-bond acceptors (Lipinski definition) is 0. The van der Waals surface area contributed by atoms with E-state index < -0.39 is 39.9 Å². The average Bonchev–Trinajstić information content (AvgIpc) is 3.91. The molecule has 0 saturated carbocycles. The SMILES string of the molecule is CCC[CH2][Hf]([CH2]CCC)([CH2][CH2][Hf]([CH2]CCC)([CH2]CCC)[CH]1C(CC)=Cc2c(-c3cccc4ccccc34)cccc21)[CH]1C(CC)=Cc2c(-c3cccc4ccccc34)cccc21. The van der Waals surface area contributed by atoms with Gasteiger partial charge in [0.2, 0.25) is 0 Å². The summed E-state index contributed by atoms with van der Waals surface area (Å²) in [5, 5.41) is 5.47. The van der Waals surface area contributed by atoms with Gasteiger partial charge in [-0.1, -0.05) is 0 Å². The van der Waals surface area contributed by atoms with Crippen LogP contribution in [0.25, 0.3) is 56.0 Å². The third kappa shape index (κ3) is 8.89. The van der Waals surface area contributed by atoms with Crippen LogP contribution in [-0.4, -0.2) is 0 Å². The molecule has 2 aliphatic rings. The molecular formula is C60H74Hf2. The van der Waals surface area contributed by atoms with E-state index in [0.29, 0.717) is 7.35 Å². The first-order chi connectivity index (χ1) is 30.5. The Kier molecular flexibility index (Phi) is 15.4. The van der Waals surface area contributed by atoms with Crippen molar-refractivity contribution in [3.05, 3.63) is 155 Å². The molecule has 0 radical (unpaired) electrons. The van der Waals surface area contributed by atoms with E-state index in [-0.39, 0.29) is 0 Å². The van der Waals surface area contributed by atoms with Crippen molar-refractivity contribution in [2.45, 2.75) is 138 Å². The third-order valence-electron chi connectivity index (χ3n) is 15.7. The summed E-state index contributed by atoms with van der Waals surface area (Å²) >= 11 is -6.42. The van der Waals surface area contributed by atoms with Crippen LogP contribution >= 0.6 is 0 Å². The van der Waals surface area contributed by atoms with Crippen molar-refractivity contribution in [1.82, 2.24) is 0 Å².